The molecule has 3 N–H and O–H groups in total. The first-order valence-corrected chi connectivity index (χ1v) is 10.0. The molecular weight excluding hydrogens is 350 g/mol. The van der Waals surface area contributed by atoms with Gasteiger partial charge < -0.3 is 15.5 Å². The molecule has 0 aliphatic carbocycles. The summed E-state index contributed by atoms with van der Waals surface area (Å²) in [5.74, 6) is 0.839. The lowest BCUT2D eigenvalue weighted by atomic mass is 9.79. The zero-order valence-corrected chi connectivity index (χ0v) is 16.4. The molecule has 7 nitrogen and oxygen atoms in total. The van der Waals surface area contributed by atoms with Crippen LogP contribution in [-0.4, -0.2) is 48.0 Å². The van der Waals surface area contributed by atoms with Gasteiger partial charge in [0.15, 0.2) is 5.96 Å². The number of hydrogen-bond donors (Lipinski definition) is 3. The van der Waals surface area contributed by atoms with Crippen molar-refractivity contribution in [2.24, 2.45) is 10.9 Å². The van der Waals surface area contributed by atoms with Gasteiger partial charge in [0.05, 0.1) is 6.54 Å². The second-order valence-electron chi connectivity index (χ2n) is 7.07. The molecule has 0 aromatic carbocycles. The highest BCUT2D eigenvalue weighted by Gasteiger charge is 2.48. The molecular formula is C18H27N5O2S. The number of nitrogens with zero attached hydrogens (tertiary/aromatic N) is 2. The van der Waals surface area contributed by atoms with E-state index in [0.717, 1.165) is 38.4 Å². The Balaban J connectivity index is 1.64. The summed E-state index contributed by atoms with van der Waals surface area (Å²) in [5, 5.41) is 10.6. The first-order chi connectivity index (χ1) is 12.4. The van der Waals surface area contributed by atoms with E-state index in [0.29, 0.717) is 6.54 Å². The Bertz CT molecular complexity index is 708. The summed E-state index contributed by atoms with van der Waals surface area (Å²) in [7, 11) is 0. The molecule has 0 bridgehead atoms. The lowest BCUT2D eigenvalue weighted by Gasteiger charge is -2.39. The van der Waals surface area contributed by atoms with Crippen molar-refractivity contribution in [3.63, 3.8) is 0 Å². The zero-order chi connectivity index (χ0) is 18.7. The van der Waals surface area contributed by atoms with Gasteiger partial charge in [0.2, 0.25) is 0 Å². The van der Waals surface area contributed by atoms with Gasteiger partial charge in [0.1, 0.15) is 5.54 Å². The Hall–Kier alpha value is -2.09. The van der Waals surface area contributed by atoms with Gasteiger partial charge in [-0.15, -0.1) is 11.3 Å². The molecule has 0 saturated carbocycles. The highest BCUT2D eigenvalue weighted by molar-refractivity contribution is 7.10. The third-order valence-electron chi connectivity index (χ3n) is 5.36. The average Bonchev–Trinajstić information content (AvgIpc) is 3.14. The Kier molecular flexibility index (Phi) is 5.50. The molecule has 1 atom stereocenters. The van der Waals surface area contributed by atoms with Gasteiger partial charge in [-0.05, 0) is 56.5 Å². The minimum Gasteiger partial charge on any atom is -0.357 e. The third-order valence-corrected chi connectivity index (χ3v) is 6.37. The number of carbonyl (C=O) groups is 2. The lowest BCUT2D eigenvalue weighted by Crippen LogP contribution is -2.55. The minimum absolute atomic E-state index is 0.132. The van der Waals surface area contributed by atoms with Gasteiger partial charge in [-0.3, -0.25) is 10.1 Å². The Labute approximate surface area is 158 Å². The number of guanidine groups is 1. The van der Waals surface area contributed by atoms with E-state index in [1.807, 2.05) is 6.92 Å². The van der Waals surface area contributed by atoms with Crippen LogP contribution < -0.4 is 16.0 Å². The molecule has 2 aliphatic rings. The van der Waals surface area contributed by atoms with Crippen LogP contribution >= 0.6 is 11.3 Å². The van der Waals surface area contributed by atoms with Crippen LogP contribution in [0.2, 0.25) is 0 Å². The maximum absolute atomic E-state index is 12.1. The van der Waals surface area contributed by atoms with E-state index in [2.05, 4.69) is 46.1 Å². The summed E-state index contributed by atoms with van der Waals surface area (Å²) in [6, 6.07) is 1.73. The number of aliphatic imine (C=N–C) groups is 1. The standard InChI is InChI=1S/C18H27N5O2S/c1-4-19-16(20-11-14-12(2)7-10-26-14)23-8-5-13(6-9-23)18(3)15(24)21-17(25)22-18/h7,10,13H,4-6,8-9,11H2,1-3H3,(H,19,20)(H2,21,22,24,25). The fourth-order valence-electron chi connectivity index (χ4n) is 3.65. The Morgan fingerprint density at radius 1 is 1.42 bits per heavy atom. The number of aryl methyl sites for hydroxylation is 1. The molecule has 3 amide bonds. The lowest BCUT2D eigenvalue weighted by molar-refractivity contribution is -0.125. The van der Waals surface area contributed by atoms with E-state index in [4.69, 9.17) is 4.99 Å². The van der Waals surface area contributed by atoms with Crippen molar-refractivity contribution >= 4 is 29.2 Å². The Morgan fingerprint density at radius 2 is 2.15 bits per heavy atom. The van der Waals surface area contributed by atoms with E-state index in [1.165, 1.54) is 10.4 Å². The second-order valence-corrected chi connectivity index (χ2v) is 8.07. The van der Waals surface area contributed by atoms with Crippen molar-refractivity contribution in [2.75, 3.05) is 19.6 Å². The van der Waals surface area contributed by atoms with Crippen LogP contribution in [0, 0.1) is 12.8 Å². The molecule has 2 aliphatic heterocycles. The molecule has 142 valence electrons. The summed E-state index contributed by atoms with van der Waals surface area (Å²) in [6.07, 6.45) is 1.68. The second kappa shape index (κ2) is 7.65. The molecule has 0 spiro atoms. The van der Waals surface area contributed by atoms with Crippen LogP contribution in [0.3, 0.4) is 0 Å². The maximum atomic E-state index is 12.1. The summed E-state index contributed by atoms with van der Waals surface area (Å²) >= 11 is 1.74. The van der Waals surface area contributed by atoms with Gasteiger partial charge in [0, 0.05) is 24.5 Å². The number of thiophene rings is 1. The van der Waals surface area contributed by atoms with Crippen LogP contribution in [-0.2, 0) is 11.3 Å². The molecule has 2 fully saturated rings. The SMILES string of the molecule is CCNC(=NCc1sccc1C)N1CCC(C2(C)NC(=O)NC2=O)CC1. The minimum atomic E-state index is -0.799. The van der Waals surface area contributed by atoms with Gasteiger partial charge in [0.25, 0.3) is 5.91 Å². The predicted octanol–water partition coefficient (Wildman–Crippen LogP) is 1.83. The van der Waals surface area contributed by atoms with Crippen molar-refractivity contribution < 1.29 is 9.59 Å². The summed E-state index contributed by atoms with van der Waals surface area (Å²) < 4.78 is 0. The topological polar surface area (TPSA) is 85.8 Å². The normalized spacial score (nSPS) is 24.6. The average molecular weight is 378 g/mol. The van der Waals surface area contributed by atoms with Crippen LogP contribution in [0.25, 0.3) is 0 Å². The fraction of sp³-hybridized carbons (Fsp3) is 0.611. The maximum Gasteiger partial charge on any atom is 0.322 e. The van der Waals surface area contributed by atoms with Crippen molar-refractivity contribution in [1.82, 2.24) is 20.9 Å². The number of amides is 3. The largest absolute Gasteiger partial charge is 0.357 e. The fourth-order valence-corrected chi connectivity index (χ4v) is 4.48. The first kappa shape index (κ1) is 18.7. The first-order valence-electron chi connectivity index (χ1n) is 9.14. The van der Waals surface area contributed by atoms with E-state index < -0.39 is 5.54 Å². The molecule has 1 aromatic heterocycles. The van der Waals surface area contributed by atoms with Gasteiger partial charge in [-0.2, -0.15) is 0 Å². The number of rotatable bonds is 4. The highest BCUT2D eigenvalue weighted by Crippen LogP contribution is 2.30. The molecule has 26 heavy (non-hydrogen) atoms. The zero-order valence-electron chi connectivity index (χ0n) is 15.6. The third kappa shape index (κ3) is 3.70. The van der Waals surface area contributed by atoms with Crippen molar-refractivity contribution in [3.05, 3.63) is 21.9 Å². The number of hydrogen-bond acceptors (Lipinski definition) is 4. The van der Waals surface area contributed by atoms with Gasteiger partial charge >= 0.3 is 6.03 Å². The number of likely N-dealkylation sites (tertiary alicyclic amines) is 1. The van der Waals surface area contributed by atoms with Crippen LogP contribution in [0.4, 0.5) is 4.79 Å². The predicted molar refractivity (Wildman–Crippen MR) is 103 cm³/mol. The number of piperidine rings is 1. The van der Waals surface area contributed by atoms with Crippen molar-refractivity contribution in [3.8, 4) is 0 Å². The Morgan fingerprint density at radius 3 is 2.69 bits per heavy atom. The highest BCUT2D eigenvalue weighted by atomic mass is 32.1. The summed E-state index contributed by atoms with van der Waals surface area (Å²) in [4.78, 5) is 32.0. The van der Waals surface area contributed by atoms with Crippen LogP contribution in [0.15, 0.2) is 16.4 Å². The van der Waals surface area contributed by atoms with E-state index in [1.54, 1.807) is 11.3 Å². The molecule has 0 radical (unpaired) electrons. The van der Waals surface area contributed by atoms with E-state index >= 15 is 0 Å². The molecule has 1 unspecified atom stereocenters. The summed E-state index contributed by atoms with van der Waals surface area (Å²) in [6.45, 7) is 9.14. The van der Waals surface area contributed by atoms with Crippen molar-refractivity contribution in [1.29, 1.82) is 0 Å². The number of carbonyl (C=O) groups excluding carboxylic acids is 2. The smallest absolute Gasteiger partial charge is 0.322 e. The number of imide groups is 1. The van der Waals surface area contributed by atoms with E-state index in [9.17, 15) is 9.59 Å². The molecule has 1 aromatic rings. The number of urea groups is 1. The van der Waals surface area contributed by atoms with Crippen LogP contribution in [0.5, 0.6) is 0 Å². The molecule has 8 heteroatoms. The monoisotopic (exact) mass is 377 g/mol. The molecule has 2 saturated heterocycles. The molecule has 3 heterocycles. The van der Waals surface area contributed by atoms with Crippen molar-refractivity contribution in [2.45, 2.75) is 45.7 Å². The van der Waals surface area contributed by atoms with Gasteiger partial charge in [-0.1, -0.05) is 0 Å². The van der Waals surface area contributed by atoms with Gasteiger partial charge in [-0.25, -0.2) is 9.79 Å². The molecule has 3 rings (SSSR count). The number of nitrogens with one attached hydrogen (secondary N) is 3. The van der Waals surface area contributed by atoms with Crippen LogP contribution in [0.1, 0.15) is 37.1 Å². The quantitative estimate of drug-likeness (QED) is 0.425. The van der Waals surface area contributed by atoms with E-state index in [-0.39, 0.29) is 17.9 Å². The summed E-state index contributed by atoms with van der Waals surface area (Å²) in [5.41, 5.74) is 0.483.